The van der Waals surface area contributed by atoms with Crippen LogP contribution in [0.25, 0.3) is 0 Å². The number of carbonyl (C=O) groups is 3. The lowest BCUT2D eigenvalue weighted by Crippen LogP contribution is -2.32. The van der Waals surface area contributed by atoms with Crippen LogP contribution in [0.1, 0.15) is 41.0 Å². The Morgan fingerprint density at radius 1 is 1.13 bits per heavy atom. The Bertz CT molecular complexity index is 273. The zero-order chi connectivity index (χ0) is 12.2. The summed E-state index contributed by atoms with van der Waals surface area (Å²) in [7, 11) is 0. The molecule has 0 N–H and O–H groups in total. The number of rotatable bonds is 4. The Labute approximate surface area is 90.0 Å². The highest BCUT2D eigenvalue weighted by molar-refractivity contribution is 6.01. The highest BCUT2D eigenvalue weighted by atomic mass is 16.6. The van der Waals surface area contributed by atoms with Crippen LogP contribution < -0.4 is 0 Å². The van der Waals surface area contributed by atoms with Gasteiger partial charge in [-0.2, -0.15) is 0 Å². The van der Waals surface area contributed by atoms with E-state index < -0.39 is 17.5 Å². The number of carbonyl (C=O) groups excluding carboxylic acids is 3. The average Bonchev–Trinajstić information content (AvgIpc) is 1.95. The first kappa shape index (κ1) is 13.8. The molecule has 4 heteroatoms. The van der Waals surface area contributed by atoms with Gasteiger partial charge in [-0.25, -0.2) is 0 Å². The summed E-state index contributed by atoms with van der Waals surface area (Å²) in [4.78, 5) is 33.6. The molecule has 0 bridgehead atoms. The molecule has 0 saturated carbocycles. The first-order chi connectivity index (χ1) is 6.63. The Balaban J connectivity index is 4.57. The molecule has 1 unspecified atom stereocenters. The highest BCUT2D eigenvalue weighted by Crippen LogP contribution is 2.14. The summed E-state index contributed by atoms with van der Waals surface area (Å²) in [5.74, 6) is -2.10. The maximum Gasteiger partial charge on any atom is 0.317 e. The molecule has 0 aliphatic carbocycles. The molecule has 0 saturated heterocycles. The Morgan fingerprint density at radius 3 is 1.87 bits per heavy atom. The average molecular weight is 214 g/mol. The minimum absolute atomic E-state index is 0.0791. The first-order valence-corrected chi connectivity index (χ1v) is 4.86. The quantitative estimate of drug-likeness (QED) is 0.525. The topological polar surface area (TPSA) is 60.4 Å². The fourth-order valence-corrected chi connectivity index (χ4v) is 1.05. The van der Waals surface area contributed by atoms with Crippen LogP contribution >= 0.6 is 0 Å². The first-order valence-electron chi connectivity index (χ1n) is 4.86. The number of esters is 1. The van der Waals surface area contributed by atoms with Gasteiger partial charge in [0.25, 0.3) is 0 Å². The number of hydrogen-bond donors (Lipinski definition) is 0. The van der Waals surface area contributed by atoms with Crippen LogP contribution in [0, 0.1) is 5.92 Å². The third-order valence-electron chi connectivity index (χ3n) is 1.67. The molecule has 0 aliphatic heterocycles. The van der Waals surface area contributed by atoms with Gasteiger partial charge in [0.15, 0.2) is 0 Å². The molecule has 0 aromatic heterocycles. The van der Waals surface area contributed by atoms with Gasteiger partial charge in [0.1, 0.15) is 23.1 Å². The summed E-state index contributed by atoms with van der Waals surface area (Å²) in [5, 5.41) is 0. The fourth-order valence-electron chi connectivity index (χ4n) is 1.05. The van der Waals surface area contributed by atoms with E-state index in [0.717, 1.165) is 0 Å². The molecule has 0 heterocycles. The van der Waals surface area contributed by atoms with Crippen molar-refractivity contribution in [2.45, 2.75) is 46.6 Å². The van der Waals surface area contributed by atoms with E-state index in [4.69, 9.17) is 4.74 Å². The lowest BCUT2D eigenvalue weighted by atomic mass is 9.99. The molecule has 0 aliphatic rings. The molecule has 0 amide bonds. The second-order valence-electron chi connectivity index (χ2n) is 4.60. The molecule has 4 nitrogen and oxygen atoms in total. The van der Waals surface area contributed by atoms with Gasteiger partial charge in [-0.1, -0.05) is 0 Å². The Hall–Kier alpha value is -1.19. The zero-order valence-corrected chi connectivity index (χ0v) is 9.92. The Morgan fingerprint density at radius 2 is 1.60 bits per heavy atom. The van der Waals surface area contributed by atoms with E-state index in [1.165, 1.54) is 13.8 Å². The SMILES string of the molecule is CC(=O)CC(C(C)=O)C(=O)OC(C)(C)C. The minimum Gasteiger partial charge on any atom is -0.459 e. The number of ether oxygens (including phenoxy) is 1. The molecule has 0 fully saturated rings. The lowest BCUT2D eigenvalue weighted by molar-refractivity contribution is -0.162. The molecule has 0 aromatic carbocycles. The van der Waals surface area contributed by atoms with Crippen molar-refractivity contribution in [3.05, 3.63) is 0 Å². The molecule has 0 rings (SSSR count). The largest absolute Gasteiger partial charge is 0.459 e. The van der Waals surface area contributed by atoms with Crippen molar-refractivity contribution in [3.8, 4) is 0 Å². The monoisotopic (exact) mass is 214 g/mol. The van der Waals surface area contributed by atoms with Gasteiger partial charge in [-0.05, 0) is 34.6 Å². The van der Waals surface area contributed by atoms with Crippen molar-refractivity contribution in [1.82, 2.24) is 0 Å². The highest BCUT2D eigenvalue weighted by Gasteiger charge is 2.29. The standard InChI is InChI=1S/C11H18O4/c1-7(12)6-9(8(2)13)10(14)15-11(3,4)5/h9H,6H2,1-5H3. The maximum atomic E-state index is 11.5. The third kappa shape index (κ3) is 5.99. The van der Waals surface area contributed by atoms with Crippen molar-refractivity contribution in [3.63, 3.8) is 0 Å². The van der Waals surface area contributed by atoms with Gasteiger partial charge in [-0.15, -0.1) is 0 Å². The van der Waals surface area contributed by atoms with E-state index in [1.807, 2.05) is 0 Å². The minimum atomic E-state index is -0.957. The third-order valence-corrected chi connectivity index (χ3v) is 1.67. The number of Topliss-reactive ketones (excluding diaryl/α,β-unsaturated/α-hetero) is 2. The smallest absolute Gasteiger partial charge is 0.317 e. The number of ketones is 2. The number of hydrogen-bond acceptors (Lipinski definition) is 4. The van der Waals surface area contributed by atoms with Crippen LogP contribution in [-0.4, -0.2) is 23.1 Å². The summed E-state index contributed by atoms with van der Waals surface area (Å²) < 4.78 is 5.05. The van der Waals surface area contributed by atoms with Crippen molar-refractivity contribution >= 4 is 17.5 Å². The van der Waals surface area contributed by atoms with Crippen molar-refractivity contribution in [2.24, 2.45) is 5.92 Å². The molecule has 0 spiro atoms. The van der Waals surface area contributed by atoms with E-state index in [1.54, 1.807) is 20.8 Å². The van der Waals surface area contributed by atoms with Gasteiger partial charge < -0.3 is 4.74 Å². The van der Waals surface area contributed by atoms with Gasteiger partial charge in [-0.3, -0.25) is 14.4 Å². The second-order valence-corrected chi connectivity index (χ2v) is 4.60. The van der Waals surface area contributed by atoms with E-state index >= 15 is 0 Å². The van der Waals surface area contributed by atoms with Crippen LogP contribution in [0.4, 0.5) is 0 Å². The van der Waals surface area contributed by atoms with Crippen LogP contribution in [0.5, 0.6) is 0 Å². The summed E-state index contributed by atoms with van der Waals surface area (Å²) >= 11 is 0. The van der Waals surface area contributed by atoms with Crippen molar-refractivity contribution in [2.75, 3.05) is 0 Å². The van der Waals surface area contributed by atoms with Crippen molar-refractivity contribution in [1.29, 1.82) is 0 Å². The predicted molar refractivity (Wildman–Crippen MR) is 55.3 cm³/mol. The second kappa shape index (κ2) is 5.05. The zero-order valence-electron chi connectivity index (χ0n) is 9.92. The normalized spacial score (nSPS) is 13.1. The predicted octanol–water partition coefficient (Wildman–Crippen LogP) is 1.51. The molecule has 86 valence electrons. The molecule has 0 radical (unpaired) electrons. The summed E-state index contributed by atoms with van der Waals surface area (Å²) in [6.07, 6.45) is -0.0791. The fraction of sp³-hybridized carbons (Fsp3) is 0.727. The van der Waals surface area contributed by atoms with E-state index in [-0.39, 0.29) is 18.0 Å². The molecular weight excluding hydrogens is 196 g/mol. The summed E-state index contributed by atoms with van der Waals surface area (Å²) in [6.45, 7) is 7.79. The van der Waals surface area contributed by atoms with Crippen LogP contribution in [0.15, 0.2) is 0 Å². The Kier molecular flexibility index (Phi) is 4.65. The summed E-state index contributed by atoms with van der Waals surface area (Å²) in [6, 6.07) is 0. The van der Waals surface area contributed by atoms with Crippen LogP contribution in [0.3, 0.4) is 0 Å². The van der Waals surface area contributed by atoms with Gasteiger partial charge in [0, 0.05) is 6.42 Å². The van der Waals surface area contributed by atoms with Crippen LogP contribution in [-0.2, 0) is 19.1 Å². The molecule has 15 heavy (non-hydrogen) atoms. The van der Waals surface area contributed by atoms with E-state index in [0.29, 0.717) is 0 Å². The molecular formula is C11H18O4. The van der Waals surface area contributed by atoms with E-state index in [9.17, 15) is 14.4 Å². The van der Waals surface area contributed by atoms with Crippen molar-refractivity contribution < 1.29 is 19.1 Å². The molecule has 0 aromatic rings. The van der Waals surface area contributed by atoms with Gasteiger partial charge in [0.05, 0.1) is 0 Å². The summed E-state index contributed by atoms with van der Waals surface area (Å²) in [5.41, 5.74) is -0.637. The molecule has 1 atom stereocenters. The van der Waals surface area contributed by atoms with E-state index in [2.05, 4.69) is 0 Å². The maximum absolute atomic E-state index is 11.5. The van der Waals surface area contributed by atoms with Crippen LogP contribution in [0.2, 0.25) is 0 Å². The lowest BCUT2D eigenvalue weighted by Gasteiger charge is -2.22. The van der Waals surface area contributed by atoms with Gasteiger partial charge >= 0.3 is 5.97 Å². The van der Waals surface area contributed by atoms with Gasteiger partial charge in [0.2, 0.25) is 0 Å².